The number of hydrogen-bond acceptors (Lipinski definition) is 3. The fourth-order valence-corrected chi connectivity index (χ4v) is 5.35. The summed E-state index contributed by atoms with van der Waals surface area (Å²) in [4.78, 5) is 15.0. The molecule has 0 bridgehead atoms. The molecule has 2 nitrogen and oxygen atoms in total. The molecule has 90 valence electrons. The average Bonchev–Trinajstić information content (AvgIpc) is 2.80. The van der Waals surface area contributed by atoms with Gasteiger partial charge in [-0.2, -0.15) is 0 Å². The molecule has 1 aromatic rings. The third kappa shape index (κ3) is 3.15. The second kappa shape index (κ2) is 5.76. The second-order valence-electron chi connectivity index (χ2n) is 3.69. The van der Waals surface area contributed by atoms with Crippen LogP contribution in [0.5, 0.6) is 0 Å². The summed E-state index contributed by atoms with van der Waals surface area (Å²) < 4.78 is 5.05. The molecule has 0 aliphatic carbocycles. The van der Waals surface area contributed by atoms with Gasteiger partial charge in [0.2, 0.25) is 0 Å². The molecule has 0 fully saturated rings. The fourth-order valence-electron chi connectivity index (χ4n) is 1.46. The third-order valence-corrected chi connectivity index (χ3v) is 6.58. The van der Waals surface area contributed by atoms with Crippen LogP contribution in [0.25, 0.3) is 4.91 Å². The Morgan fingerprint density at radius 3 is 2.76 bits per heavy atom. The van der Waals surface area contributed by atoms with Gasteiger partial charge in [0.05, 0.1) is 0 Å². The Balaban J connectivity index is 2.02. The summed E-state index contributed by atoms with van der Waals surface area (Å²) in [5.74, 6) is -0.0733. The van der Waals surface area contributed by atoms with Crippen molar-refractivity contribution in [2.45, 2.75) is 18.0 Å². The molecule has 0 N–H and O–H groups in total. The summed E-state index contributed by atoms with van der Waals surface area (Å²) in [6.07, 6.45) is 0. The van der Waals surface area contributed by atoms with Crippen LogP contribution in [0.15, 0.2) is 29.2 Å². The summed E-state index contributed by atoms with van der Waals surface area (Å²) in [6, 6.07) is 8.42. The number of esters is 1. The summed E-state index contributed by atoms with van der Waals surface area (Å²) in [7, 11) is 0. The van der Waals surface area contributed by atoms with Crippen LogP contribution in [0.1, 0.15) is 18.1 Å². The molecule has 0 aromatic heterocycles. The van der Waals surface area contributed by atoms with Crippen molar-refractivity contribution in [3.63, 3.8) is 0 Å². The number of ether oxygens (including phenoxy) is 1. The van der Waals surface area contributed by atoms with Crippen LogP contribution in [-0.4, -0.2) is 31.7 Å². The van der Waals surface area contributed by atoms with Gasteiger partial charge in [0.25, 0.3) is 0 Å². The van der Waals surface area contributed by atoms with Crippen LogP contribution in [-0.2, 0) is 9.53 Å². The van der Waals surface area contributed by atoms with Gasteiger partial charge in [-0.25, -0.2) is 0 Å². The number of aryl methyl sites for hydroxylation is 1. The van der Waals surface area contributed by atoms with E-state index in [0.29, 0.717) is 6.61 Å². The van der Waals surface area contributed by atoms with E-state index in [1.165, 1.54) is 16.0 Å². The van der Waals surface area contributed by atoms with Gasteiger partial charge in [0, 0.05) is 0 Å². The molecule has 2 rings (SSSR count). The third-order valence-electron chi connectivity index (χ3n) is 2.35. The van der Waals surface area contributed by atoms with Gasteiger partial charge in [-0.15, -0.1) is 0 Å². The fraction of sp³-hybridized carbons (Fsp3) is 0.308. The van der Waals surface area contributed by atoms with E-state index in [1.54, 1.807) is 11.8 Å². The first-order valence-electron chi connectivity index (χ1n) is 5.46. The molecule has 1 aromatic carbocycles. The van der Waals surface area contributed by atoms with E-state index in [0.717, 1.165) is 0 Å². The number of hydrogen-bond donors (Lipinski definition) is 0. The zero-order valence-electron chi connectivity index (χ0n) is 9.80. The summed E-state index contributed by atoms with van der Waals surface area (Å²) in [5, 5.41) is 0. The number of benzene rings is 1. The van der Waals surface area contributed by atoms with E-state index < -0.39 is 0 Å². The molecular weight excluding hydrogens is 299 g/mol. The molecule has 0 radical (unpaired) electrons. The topological polar surface area (TPSA) is 26.3 Å². The van der Waals surface area contributed by atoms with Gasteiger partial charge < -0.3 is 0 Å². The molecule has 1 unspecified atom stereocenters. The van der Waals surface area contributed by atoms with Crippen molar-refractivity contribution in [1.29, 1.82) is 0 Å². The Kier molecular flexibility index (Phi) is 4.32. The van der Waals surface area contributed by atoms with Crippen molar-refractivity contribution in [1.82, 2.24) is 0 Å². The maximum absolute atomic E-state index is 11.6. The first-order chi connectivity index (χ1) is 8.20. The van der Waals surface area contributed by atoms with Crippen molar-refractivity contribution in [2.24, 2.45) is 0 Å². The Labute approximate surface area is 112 Å². The van der Waals surface area contributed by atoms with Crippen LogP contribution in [0.2, 0.25) is 0 Å². The average molecular weight is 313 g/mol. The van der Waals surface area contributed by atoms with Crippen LogP contribution >= 0.6 is 11.8 Å². The molecule has 1 aliphatic heterocycles. The quantitative estimate of drug-likeness (QED) is 0.634. The van der Waals surface area contributed by atoms with E-state index in [9.17, 15) is 4.79 Å². The van der Waals surface area contributed by atoms with E-state index in [4.69, 9.17) is 4.74 Å². The Hall–Kier alpha value is -0.701. The Morgan fingerprint density at radius 2 is 2.12 bits per heavy atom. The van der Waals surface area contributed by atoms with Crippen molar-refractivity contribution >= 4 is 37.6 Å². The molecule has 0 amide bonds. The summed E-state index contributed by atoms with van der Waals surface area (Å²) in [6.45, 7) is 4.38. The molecule has 17 heavy (non-hydrogen) atoms. The van der Waals surface area contributed by atoms with Crippen molar-refractivity contribution in [3.05, 3.63) is 40.4 Å². The van der Waals surface area contributed by atoms with Gasteiger partial charge in [-0.1, -0.05) is 0 Å². The zero-order chi connectivity index (χ0) is 12.3. The zero-order valence-corrected chi connectivity index (χ0v) is 12.3. The molecule has 0 saturated heterocycles. The van der Waals surface area contributed by atoms with Crippen LogP contribution in [0, 0.1) is 6.92 Å². The predicted octanol–water partition coefficient (Wildman–Crippen LogP) is 2.63. The van der Waals surface area contributed by atoms with Gasteiger partial charge in [-0.3, -0.25) is 0 Å². The van der Waals surface area contributed by atoms with Gasteiger partial charge in [0.1, 0.15) is 0 Å². The van der Waals surface area contributed by atoms with Crippen molar-refractivity contribution in [2.75, 3.05) is 6.61 Å². The maximum atomic E-state index is 11.6. The molecular formula is C13H14O2SSe. The minimum atomic E-state index is -0.0733. The van der Waals surface area contributed by atoms with Gasteiger partial charge in [0.15, 0.2) is 0 Å². The molecule has 0 spiro atoms. The first kappa shape index (κ1) is 12.7. The molecule has 1 heterocycles. The van der Waals surface area contributed by atoms with Crippen LogP contribution in [0.4, 0.5) is 0 Å². The van der Waals surface area contributed by atoms with E-state index in [1.807, 2.05) is 6.92 Å². The minimum absolute atomic E-state index is 0.00115. The van der Waals surface area contributed by atoms with Crippen molar-refractivity contribution in [3.8, 4) is 0 Å². The standard InChI is InChI=1S/C13H14O2SSe/c1-3-15-12(14)13-16-11(8-17-13)10-6-4-9(2)5-7-10/h4-8,13H,3H2,1-2H3. The van der Waals surface area contributed by atoms with Crippen LogP contribution in [0.3, 0.4) is 0 Å². The number of thioether (sulfide) groups is 1. The number of rotatable bonds is 3. The number of carbonyl (C=O) groups is 1. The molecule has 1 aliphatic rings. The van der Waals surface area contributed by atoms with Gasteiger partial charge >= 0.3 is 112 Å². The first-order valence-corrected chi connectivity index (χ1v) is 8.32. The monoisotopic (exact) mass is 314 g/mol. The van der Waals surface area contributed by atoms with E-state index in [2.05, 4.69) is 36.2 Å². The van der Waals surface area contributed by atoms with Crippen molar-refractivity contribution < 1.29 is 9.53 Å². The molecule has 1 atom stereocenters. The van der Waals surface area contributed by atoms with Crippen LogP contribution < -0.4 is 0 Å². The predicted molar refractivity (Wildman–Crippen MR) is 72.9 cm³/mol. The summed E-state index contributed by atoms with van der Waals surface area (Å²) in [5.41, 5.74) is 2.46. The Bertz CT molecular complexity index is 439. The van der Waals surface area contributed by atoms with E-state index in [-0.39, 0.29) is 25.1 Å². The number of carbonyl (C=O) groups excluding carboxylic acids is 1. The van der Waals surface area contributed by atoms with E-state index >= 15 is 0 Å². The normalized spacial score (nSPS) is 18.9. The summed E-state index contributed by atoms with van der Waals surface area (Å²) >= 11 is 1.84. The molecule has 4 heteroatoms. The molecule has 0 saturated carbocycles. The SMILES string of the molecule is CCOC(=O)C1SC(c2ccc(C)cc2)=C[Se]1. The van der Waals surface area contributed by atoms with Gasteiger partial charge in [-0.05, 0) is 0 Å². The second-order valence-corrected chi connectivity index (χ2v) is 7.56. The Morgan fingerprint density at radius 1 is 1.41 bits per heavy atom.